The third-order valence-electron chi connectivity index (χ3n) is 2.58. The number of carbonyl (C=O) groups excluding carboxylic acids is 1. The Morgan fingerprint density at radius 1 is 1.20 bits per heavy atom. The van der Waals surface area contributed by atoms with Crippen molar-refractivity contribution in [1.29, 1.82) is 0 Å². The minimum absolute atomic E-state index is 0.0444. The van der Waals surface area contributed by atoms with Crippen LogP contribution in [-0.2, 0) is 21.2 Å². The summed E-state index contributed by atoms with van der Waals surface area (Å²) in [5.41, 5.74) is 0.823. The Labute approximate surface area is 117 Å². The van der Waals surface area contributed by atoms with Crippen LogP contribution in [0.2, 0.25) is 0 Å². The lowest BCUT2D eigenvalue weighted by molar-refractivity contribution is 0.0467. The van der Waals surface area contributed by atoms with E-state index in [0.717, 1.165) is 6.26 Å². The van der Waals surface area contributed by atoms with Gasteiger partial charge in [0, 0.05) is 12.5 Å². The second-order valence-electron chi connectivity index (χ2n) is 4.20. The zero-order valence-corrected chi connectivity index (χ0v) is 11.6. The molecule has 0 atom stereocenters. The fourth-order valence-electron chi connectivity index (χ4n) is 1.56. The molecule has 0 amide bonds. The van der Waals surface area contributed by atoms with Gasteiger partial charge in [0.1, 0.15) is 6.61 Å². The lowest BCUT2D eigenvalue weighted by Gasteiger charge is -2.05. The number of benzene rings is 1. The summed E-state index contributed by atoms with van der Waals surface area (Å²) >= 11 is 0. The number of nitrogens with zero attached hydrogens (tertiary/aromatic N) is 1. The van der Waals surface area contributed by atoms with Crippen LogP contribution >= 0.6 is 0 Å². The van der Waals surface area contributed by atoms with Gasteiger partial charge in [0.2, 0.25) is 0 Å². The number of sulfone groups is 1. The second kappa shape index (κ2) is 5.83. The first-order valence-electron chi connectivity index (χ1n) is 5.84. The summed E-state index contributed by atoms with van der Waals surface area (Å²) in [5.74, 6) is -0.582. The van der Waals surface area contributed by atoms with Crippen LogP contribution in [0.3, 0.4) is 0 Å². The molecule has 0 aliphatic carbocycles. The highest BCUT2D eigenvalue weighted by molar-refractivity contribution is 7.90. The van der Waals surface area contributed by atoms with E-state index in [1.165, 1.54) is 24.3 Å². The molecule has 0 N–H and O–H groups in total. The van der Waals surface area contributed by atoms with E-state index in [9.17, 15) is 13.2 Å². The quantitative estimate of drug-likeness (QED) is 0.804. The molecule has 6 heteroatoms. The summed E-state index contributed by atoms with van der Waals surface area (Å²) in [4.78, 5) is 16.0. The van der Waals surface area contributed by atoms with Gasteiger partial charge in [-0.15, -0.1) is 0 Å². The molecular weight excluding hydrogens is 278 g/mol. The average Bonchev–Trinajstić information content (AvgIpc) is 2.45. The largest absolute Gasteiger partial charge is 0.456 e. The van der Waals surface area contributed by atoms with Crippen molar-refractivity contribution in [3.05, 3.63) is 59.9 Å². The van der Waals surface area contributed by atoms with Crippen molar-refractivity contribution < 1.29 is 17.9 Å². The molecule has 20 heavy (non-hydrogen) atoms. The van der Waals surface area contributed by atoms with Crippen LogP contribution in [0.5, 0.6) is 0 Å². The molecule has 0 saturated heterocycles. The summed E-state index contributed by atoms with van der Waals surface area (Å²) in [7, 11) is -3.35. The van der Waals surface area contributed by atoms with Gasteiger partial charge in [-0.25, -0.2) is 13.2 Å². The molecule has 0 unspecified atom stereocenters. The highest BCUT2D eigenvalue weighted by Crippen LogP contribution is 2.12. The zero-order valence-electron chi connectivity index (χ0n) is 10.8. The molecule has 2 aromatic rings. The average molecular weight is 291 g/mol. The number of pyridine rings is 1. The molecule has 0 radical (unpaired) electrons. The first-order valence-corrected chi connectivity index (χ1v) is 7.73. The molecule has 5 nitrogen and oxygen atoms in total. The Balaban J connectivity index is 2.10. The molecule has 0 aliphatic heterocycles. The van der Waals surface area contributed by atoms with Crippen LogP contribution in [0.4, 0.5) is 0 Å². The van der Waals surface area contributed by atoms with Crippen molar-refractivity contribution in [3.63, 3.8) is 0 Å². The van der Waals surface area contributed by atoms with E-state index >= 15 is 0 Å². The van der Waals surface area contributed by atoms with E-state index in [2.05, 4.69) is 4.98 Å². The number of carbonyl (C=O) groups is 1. The van der Waals surface area contributed by atoms with Crippen molar-refractivity contribution >= 4 is 15.8 Å². The van der Waals surface area contributed by atoms with Crippen LogP contribution in [-0.4, -0.2) is 25.6 Å². The number of ether oxygens (including phenoxy) is 1. The van der Waals surface area contributed by atoms with E-state index in [0.29, 0.717) is 5.69 Å². The first kappa shape index (κ1) is 14.2. The Hall–Kier alpha value is -2.21. The summed E-state index contributed by atoms with van der Waals surface area (Å²) < 4.78 is 27.9. The monoisotopic (exact) mass is 291 g/mol. The lowest BCUT2D eigenvalue weighted by Crippen LogP contribution is -2.07. The van der Waals surface area contributed by atoms with Crippen LogP contribution in [0.25, 0.3) is 0 Å². The normalized spacial score (nSPS) is 11.1. The number of esters is 1. The first-order chi connectivity index (χ1) is 9.47. The number of rotatable bonds is 4. The molecule has 0 aliphatic rings. The van der Waals surface area contributed by atoms with E-state index in [-0.39, 0.29) is 17.1 Å². The molecule has 0 bridgehead atoms. The van der Waals surface area contributed by atoms with Crippen molar-refractivity contribution in [2.45, 2.75) is 11.5 Å². The number of hydrogen-bond acceptors (Lipinski definition) is 5. The topological polar surface area (TPSA) is 73.3 Å². The lowest BCUT2D eigenvalue weighted by atomic mass is 10.2. The van der Waals surface area contributed by atoms with Gasteiger partial charge in [0.05, 0.1) is 16.2 Å². The van der Waals surface area contributed by atoms with E-state index < -0.39 is 15.8 Å². The van der Waals surface area contributed by atoms with Crippen molar-refractivity contribution in [2.75, 3.05) is 6.26 Å². The predicted molar refractivity (Wildman–Crippen MR) is 72.9 cm³/mol. The van der Waals surface area contributed by atoms with Crippen LogP contribution < -0.4 is 0 Å². The maximum atomic E-state index is 11.9. The Morgan fingerprint density at radius 3 is 2.65 bits per heavy atom. The molecule has 0 fully saturated rings. The Bertz CT molecular complexity index is 711. The van der Waals surface area contributed by atoms with Gasteiger partial charge < -0.3 is 4.74 Å². The molecule has 1 aromatic carbocycles. The predicted octanol–water partition coefficient (Wildman–Crippen LogP) is 1.84. The maximum Gasteiger partial charge on any atom is 0.338 e. The van der Waals surface area contributed by atoms with Crippen molar-refractivity contribution in [1.82, 2.24) is 4.98 Å². The van der Waals surface area contributed by atoms with E-state index in [4.69, 9.17) is 4.74 Å². The third-order valence-corrected chi connectivity index (χ3v) is 3.69. The molecule has 2 rings (SSSR count). The minimum atomic E-state index is -3.35. The molecule has 104 valence electrons. The highest BCUT2D eigenvalue weighted by Gasteiger charge is 2.12. The second-order valence-corrected chi connectivity index (χ2v) is 6.21. The SMILES string of the molecule is CS(=O)(=O)c1cccc(C(=O)OCc2ccccn2)c1. The highest BCUT2D eigenvalue weighted by atomic mass is 32.2. The molecule has 0 spiro atoms. The molecule has 1 heterocycles. The summed E-state index contributed by atoms with van der Waals surface area (Å²) in [6, 6.07) is 11.0. The van der Waals surface area contributed by atoms with Crippen molar-refractivity contribution in [2.24, 2.45) is 0 Å². The molecule has 1 aromatic heterocycles. The Kier molecular flexibility index (Phi) is 4.14. The van der Waals surface area contributed by atoms with E-state index in [1.54, 1.807) is 24.4 Å². The van der Waals surface area contributed by atoms with Crippen LogP contribution in [0, 0.1) is 0 Å². The van der Waals surface area contributed by atoms with Gasteiger partial charge in [-0.05, 0) is 30.3 Å². The fourth-order valence-corrected chi connectivity index (χ4v) is 2.23. The zero-order chi connectivity index (χ0) is 14.6. The summed E-state index contributed by atoms with van der Waals surface area (Å²) in [6.45, 7) is 0.0444. The van der Waals surface area contributed by atoms with Crippen LogP contribution in [0.15, 0.2) is 53.6 Å². The van der Waals surface area contributed by atoms with Gasteiger partial charge >= 0.3 is 5.97 Å². The maximum absolute atomic E-state index is 11.9. The molecule has 0 saturated carbocycles. The smallest absolute Gasteiger partial charge is 0.338 e. The standard InChI is InChI=1S/C14H13NO4S/c1-20(17,18)13-7-4-5-11(9-13)14(16)19-10-12-6-2-3-8-15-12/h2-9H,10H2,1H3. The van der Waals surface area contributed by atoms with Crippen LogP contribution in [0.1, 0.15) is 16.1 Å². The third kappa shape index (κ3) is 3.64. The van der Waals surface area contributed by atoms with Crippen molar-refractivity contribution in [3.8, 4) is 0 Å². The molecular formula is C14H13NO4S. The summed E-state index contributed by atoms with van der Waals surface area (Å²) in [6.07, 6.45) is 2.69. The van der Waals surface area contributed by atoms with Gasteiger partial charge in [-0.2, -0.15) is 0 Å². The van der Waals surface area contributed by atoms with Gasteiger partial charge in [-0.1, -0.05) is 12.1 Å². The Morgan fingerprint density at radius 2 is 2.00 bits per heavy atom. The van der Waals surface area contributed by atoms with Gasteiger partial charge in [0.15, 0.2) is 9.84 Å². The fraction of sp³-hybridized carbons (Fsp3) is 0.143. The minimum Gasteiger partial charge on any atom is -0.456 e. The van der Waals surface area contributed by atoms with E-state index in [1.807, 2.05) is 0 Å². The number of hydrogen-bond donors (Lipinski definition) is 0. The van der Waals surface area contributed by atoms with Gasteiger partial charge in [-0.3, -0.25) is 4.98 Å². The number of aromatic nitrogens is 1. The van der Waals surface area contributed by atoms with Gasteiger partial charge in [0.25, 0.3) is 0 Å². The summed E-state index contributed by atoms with van der Waals surface area (Å²) in [5, 5.41) is 0.